The lowest BCUT2D eigenvalue weighted by Gasteiger charge is -2.21. The molecule has 8 heteroatoms. The molecular formula is C13H13Cl2NO4S. The first-order chi connectivity index (χ1) is 9.88. The first-order valence-corrected chi connectivity index (χ1v) is 7.91. The minimum atomic E-state index is -1.11. The van der Waals surface area contributed by atoms with Crippen LogP contribution < -0.4 is 0 Å². The minimum absolute atomic E-state index is 0.0383. The van der Waals surface area contributed by atoms with Gasteiger partial charge in [0, 0.05) is 22.9 Å². The smallest absolute Gasteiger partial charge is 0.326 e. The van der Waals surface area contributed by atoms with Crippen molar-refractivity contribution in [1.82, 2.24) is 4.90 Å². The molecule has 1 heterocycles. The van der Waals surface area contributed by atoms with Crippen LogP contribution in [0.2, 0.25) is 10.0 Å². The number of carboxylic acid groups (broad SMARTS) is 1. The highest BCUT2D eigenvalue weighted by molar-refractivity contribution is 8.00. The van der Waals surface area contributed by atoms with E-state index in [2.05, 4.69) is 0 Å². The Hall–Kier alpha value is -0.950. The molecule has 21 heavy (non-hydrogen) atoms. The van der Waals surface area contributed by atoms with Crippen molar-refractivity contribution in [2.75, 3.05) is 12.3 Å². The van der Waals surface area contributed by atoms with Gasteiger partial charge in [-0.15, -0.1) is 11.8 Å². The largest absolute Gasteiger partial charge is 0.480 e. The average Bonchev–Trinajstić information content (AvgIpc) is 2.82. The van der Waals surface area contributed by atoms with Gasteiger partial charge in [-0.2, -0.15) is 0 Å². The number of β-amino-alcohol motifs (C(OH)–C–C–N with tert-alkyl or cyclic N) is 1. The molecule has 1 aliphatic heterocycles. The Bertz CT molecular complexity index is 569. The zero-order valence-corrected chi connectivity index (χ0v) is 13.2. The van der Waals surface area contributed by atoms with E-state index in [-0.39, 0.29) is 24.6 Å². The number of carbonyl (C=O) groups excluding carboxylic acids is 1. The number of amides is 1. The maximum Gasteiger partial charge on any atom is 0.326 e. The molecule has 1 saturated heterocycles. The third kappa shape index (κ3) is 4.03. The van der Waals surface area contributed by atoms with Crippen LogP contribution in [0, 0.1) is 0 Å². The molecule has 0 radical (unpaired) electrons. The molecular weight excluding hydrogens is 337 g/mol. The van der Waals surface area contributed by atoms with Crippen LogP contribution in [0.3, 0.4) is 0 Å². The van der Waals surface area contributed by atoms with Crippen LogP contribution in [0.5, 0.6) is 0 Å². The van der Waals surface area contributed by atoms with Crippen molar-refractivity contribution >= 4 is 46.8 Å². The summed E-state index contributed by atoms with van der Waals surface area (Å²) >= 11 is 13.1. The zero-order chi connectivity index (χ0) is 15.6. The van der Waals surface area contributed by atoms with Crippen LogP contribution in [0.1, 0.15) is 6.42 Å². The third-order valence-electron chi connectivity index (χ3n) is 3.13. The van der Waals surface area contributed by atoms with Gasteiger partial charge in [-0.25, -0.2) is 4.79 Å². The van der Waals surface area contributed by atoms with Crippen molar-refractivity contribution < 1.29 is 19.8 Å². The lowest BCUT2D eigenvalue weighted by atomic mass is 10.2. The number of halogens is 2. The van der Waals surface area contributed by atoms with E-state index in [9.17, 15) is 14.7 Å². The minimum Gasteiger partial charge on any atom is -0.480 e. The van der Waals surface area contributed by atoms with Gasteiger partial charge in [0.05, 0.1) is 16.9 Å². The summed E-state index contributed by atoms with van der Waals surface area (Å²) in [5.74, 6) is -1.41. The number of hydrogen-bond donors (Lipinski definition) is 2. The highest BCUT2D eigenvalue weighted by atomic mass is 35.5. The molecule has 2 N–H and O–H groups in total. The summed E-state index contributed by atoms with van der Waals surface area (Å²) in [4.78, 5) is 25.1. The number of nitrogens with zero attached hydrogens (tertiary/aromatic N) is 1. The fourth-order valence-electron chi connectivity index (χ4n) is 2.13. The van der Waals surface area contributed by atoms with E-state index >= 15 is 0 Å². The molecule has 0 spiro atoms. The number of benzene rings is 1. The number of likely N-dealkylation sites (tertiary alicyclic amines) is 1. The van der Waals surface area contributed by atoms with Crippen molar-refractivity contribution in [2.45, 2.75) is 23.5 Å². The summed E-state index contributed by atoms with van der Waals surface area (Å²) in [5, 5.41) is 19.6. The quantitative estimate of drug-likeness (QED) is 0.814. The predicted octanol–water partition coefficient (Wildman–Crippen LogP) is 2.13. The SMILES string of the molecule is O=C(O)[C@@H]1C[C@@H](O)CN1C(=O)CSc1cc(Cl)ccc1Cl. The molecule has 1 aromatic rings. The molecule has 5 nitrogen and oxygen atoms in total. The summed E-state index contributed by atoms with van der Waals surface area (Å²) in [6, 6.07) is 3.96. The normalized spacial score (nSPS) is 21.6. The number of rotatable bonds is 4. The Morgan fingerprint density at radius 3 is 2.76 bits per heavy atom. The maximum atomic E-state index is 12.1. The molecule has 0 aromatic heterocycles. The van der Waals surface area contributed by atoms with Crippen molar-refractivity contribution in [1.29, 1.82) is 0 Å². The second kappa shape index (κ2) is 6.87. The van der Waals surface area contributed by atoms with E-state index in [0.29, 0.717) is 14.9 Å². The molecule has 2 atom stereocenters. The standard InChI is InChI=1S/C13H13Cl2NO4S/c14-7-1-2-9(15)11(3-7)21-6-12(18)16-5-8(17)4-10(16)13(19)20/h1-3,8,10,17H,4-6H2,(H,19,20)/t8-,10+/m1/s1. The van der Waals surface area contributed by atoms with Gasteiger partial charge in [0.1, 0.15) is 6.04 Å². The second-order valence-electron chi connectivity index (χ2n) is 4.65. The molecule has 1 aliphatic rings. The van der Waals surface area contributed by atoms with Gasteiger partial charge in [-0.1, -0.05) is 23.2 Å². The van der Waals surface area contributed by atoms with Gasteiger partial charge in [-0.05, 0) is 18.2 Å². The third-order valence-corrected chi connectivity index (χ3v) is 4.85. The first kappa shape index (κ1) is 16.4. The number of carboxylic acids is 1. The first-order valence-electron chi connectivity index (χ1n) is 6.16. The van der Waals surface area contributed by atoms with Crippen LogP contribution in [0.4, 0.5) is 0 Å². The van der Waals surface area contributed by atoms with Gasteiger partial charge in [0.15, 0.2) is 0 Å². The van der Waals surface area contributed by atoms with E-state index < -0.39 is 18.1 Å². The topological polar surface area (TPSA) is 77.8 Å². The van der Waals surface area contributed by atoms with E-state index in [0.717, 1.165) is 0 Å². The van der Waals surface area contributed by atoms with Crippen LogP contribution in [0.25, 0.3) is 0 Å². The van der Waals surface area contributed by atoms with E-state index in [1.165, 1.54) is 16.7 Å². The summed E-state index contributed by atoms with van der Waals surface area (Å²) in [6.45, 7) is 0.0413. The number of thioether (sulfide) groups is 1. The van der Waals surface area contributed by atoms with Crippen molar-refractivity contribution in [2.24, 2.45) is 0 Å². The Morgan fingerprint density at radius 1 is 1.38 bits per heavy atom. The van der Waals surface area contributed by atoms with Gasteiger partial charge >= 0.3 is 5.97 Å². The maximum absolute atomic E-state index is 12.1. The van der Waals surface area contributed by atoms with E-state index in [1.807, 2.05) is 0 Å². The van der Waals surface area contributed by atoms with Crippen LogP contribution in [0.15, 0.2) is 23.1 Å². The predicted molar refractivity (Wildman–Crippen MR) is 80.9 cm³/mol. The second-order valence-corrected chi connectivity index (χ2v) is 6.51. The van der Waals surface area contributed by atoms with Gasteiger partial charge in [0.25, 0.3) is 0 Å². The molecule has 1 fully saturated rings. The Kier molecular flexibility index (Phi) is 5.37. The Balaban J connectivity index is 2.01. The summed E-state index contributed by atoms with van der Waals surface area (Å²) in [6.07, 6.45) is -0.737. The van der Waals surface area contributed by atoms with Gasteiger partial charge in [0.2, 0.25) is 5.91 Å². The summed E-state index contributed by atoms with van der Waals surface area (Å²) in [7, 11) is 0. The number of hydrogen-bond acceptors (Lipinski definition) is 4. The van der Waals surface area contributed by atoms with Gasteiger partial charge < -0.3 is 15.1 Å². The average molecular weight is 350 g/mol. The lowest BCUT2D eigenvalue weighted by molar-refractivity contribution is -0.147. The monoisotopic (exact) mass is 349 g/mol. The molecule has 2 rings (SSSR count). The van der Waals surface area contributed by atoms with E-state index in [4.69, 9.17) is 28.3 Å². The van der Waals surface area contributed by atoms with Crippen molar-refractivity contribution in [3.63, 3.8) is 0 Å². The fourth-order valence-corrected chi connectivity index (χ4v) is 3.51. The molecule has 0 unspecified atom stereocenters. The molecule has 0 aliphatic carbocycles. The van der Waals surface area contributed by atoms with Gasteiger partial charge in [-0.3, -0.25) is 4.79 Å². The fraction of sp³-hybridized carbons (Fsp3) is 0.385. The molecule has 0 bridgehead atoms. The molecule has 114 valence electrons. The number of aliphatic carboxylic acids is 1. The highest BCUT2D eigenvalue weighted by Crippen LogP contribution is 2.30. The Morgan fingerprint density at radius 2 is 2.10 bits per heavy atom. The zero-order valence-electron chi connectivity index (χ0n) is 10.8. The summed E-state index contributed by atoms with van der Waals surface area (Å²) in [5.41, 5.74) is 0. The molecule has 0 saturated carbocycles. The number of aliphatic hydroxyl groups is 1. The molecule has 1 aromatic carbocycles. The Labute approximate surface area is 135 Å². The van der Waals surface area contributed by atoms with Crippen LogP contribution in [-0.4, -0.2) is 51.4 Å². The van der Waals surface area contributed by atoms with Crippen LogP contribution >= 0.6 is 35.0 Å². The number of aliphatic hydroxyl groups excluding tert-OH is 1. The van der Waals surface area contributed by atoms with Crippen molar-refractivity contribution in [3.05, 3.63) is 28.2 Å². The lowest BCUT2D eigenvalue weighted by Crippen LogP contribution is -2.41. The van der Waals surface area contributed by atoms with Crippen molar-refractivity contribution in [3.8, 4) is 0 Å². The highest BCUT2D eigenvalue weighted by Gasteiger charge is 2.38. The summed E-state index contributed by atoms with van der Waals surface area (Å²) < 4.78 is 0. The molecule has 1 amide bonds. The van der Waals surface area contributed by atoms with Crippen LogP contribution in [-0.2, 0) is 9.59 Å². The number of carbonyl (C=O) groups is 2. The van der Waals surface area contributed by atoms with E-state index in [1.54, 1.807) is 18.2 Å².